The van der Waals surface area contributed by atoms with E-state index in [1.165, 1.54) is 4.68 Å². The normalized spacial score (nSPS) is 10.7. The fraction of sp³-hybridized carbons (Fsp3) is 0.160. The van der Waals surface area contributed by atoms with Crippen molar-refractivity contribution < 1.29 is 9.53 Å². The maximum absolute atomic E-state index is 12.9. The van der Waals surface area contributed by atoms with Crippen LogP contribution < -0.4 is 10.1 Å². The van der Waals surface area contributed by atoms with Gasteiger partial charge >= 0.3 is 0 Å². The lowest BCUT2D eigenvalue weighted by Gasteiger charge is -2.15. The average molecular weight is 462 g/mol. The molecule has 0 unspecified atom stereocenters. The molecule has 0 spiro atoms. The maximum atomic E-state index is 12.9. The van der Waals surface area contributed by atoms with E-state index in [2.05, 4.69) is 17.3 Å². The molecule has 0 saturated carbocycles. The van der Waals surface area contributed by atoms with E-state index in [0.717, 1.165) is 34.7 Å². The minimum absolute atomic E-state index is 0.000620. The number of halogens is 1. The summed E-state index contributed by atoms with van der Waals surface area (Å²) < 4.78 is 8.88. The van der Waals surface area contributed by atoms with Gasteiger partial charge < -0.3 is 9.30 Å². The number of benzene rings is 2. The third-order valence-corrected chi connectivity index (χ3v) is 5.38. The molecule has 0 aliphatic heterocycles. The molecule has 8 heteroatoms. The molecule has 4 rings (SSSR count). The molecular weight excluding hydrogens is 438 g/mol. The van der Waals surface area contributed by atoms with E-state index in [4.69, 9.17) is 21.7 Å². The van der Waals surface area contributed by atoms with Crippen LogP contribution in [0, 0.1) is 5.41 Å². The molecule has 0 aliphatic rings. The zero-order chi connectivity index (χ0) is 23.2. The number of hydrogen-bond acceptors (Lipinski definition) is 4. The van der Waals surface area contributed by atoms with Gasteiger partial charge in [0, 0.05) is 28.7 Å². The lowest BCUT2D eigenvalue weighted by atomic mass is 10.1. The minimum atomic E-state index is -0.343. The van der Waals surface area contributed by atoms with E-state index in [9.17, 15) is 4.79 Å². The first kappa shape index (κ1) is 22.4. The first-order valence-corrected chi connectivity index (χ1v) is 11.0. The van der Waals surface area contributed by atoms with Crippen LogP contribution in [0.1, 0.15) is 13.3 Å². The van der Waals surface area contributed by atoms with Gasteiger partial charge in [-0.15, -0.1) is 0 Å². The van der Waals surface area contributed by atoms with Crippen LogP contribution >= 0.6 is 11.6 Å². The fourth-order valence-corrected chi connectivity index (χ4v) is 3.74. The number of amides is 1. The van der Waals surface area contributed by atoms with Crippen molar-refractivity contribution in [3.8, 4) is 28.3 Å². The third kappa shape index (κ3) is 5.15. The molecule has 0 fully saturated rings. The van der Waals surface area contributed by atoms with Crippen molar-refractivity contribution in [1.29, 1.82) is 5.41 Å². The number of rotatable bonds is 7. The Labute approximate surface area is 197 Å². The third-order valence-electron chi connectivity index (χ3n) is 5.05. The van der Waals surface area contributed by atoms with Gasteiger partial charge in [0.25, 0.3) is 0 Å². The Morgan fingerprint density at radius 3 is 2.52 bits per heavy atom. The zero-order valence-corrected chi connectivity index (χ0v) is 18.9. The largest absolute Gasteiger partial charge is 0.494 e. The highest BCUT2D eigenvalue weighted by molar-refractivity contribution is 6.33. The number of ether oxygens (including phenoxy) is 1. The van der Waals surface area contributed by atoms with Gasteiger partial charge in [0.05, 0.1) is 12.3 Å². The van der Waals surface area contributed by atoms with Gasteiger partial charge in [0.1, 0.15) is 12.3 Å². The molecule has 0 saturated heterocycles. The summed E-state index contributed by atoms with van der Waals surface area (Å²) in [6.07, 6.45) is 4.09. The number of aromatic nitrogens is 3. The highest BCUT2D eigenvalue weighted by atomic mass is 35.5. The molecule has 4 aromatic rings. The molecule has 2 aromatic heterocycles. The summed E-state index contributed by atoms with van der Waals surface area (Å²) in [5, 5.41) is 15.2. The number of nitrogens with zero attached hydrogens (tertiary/aromatic N) is 3. The van der Waals surface area contributed by atoms with Crippen LogP contribution in [-0.2, 0) is 11.3 Å². The van der Waals surface area contributed by atoms with Crippen LogP contribution in [-0.4, -0.2) is 32.8 Å². The van der Waals surface area contributed by atoms with Gasteiger partial charge in [-0.3, -0.25) is 15.5 Å². The molecule has 33 heavy (non-hydrogen) atoms. The Morgan fingerprint density at radius 1 is 1.06 bits per heavy atom. The molecule has 0 aliphatic carbocycles. The van der Waals surface area contributed by atoms with E-state index in [1.54, 1.807) is 18.5 Å². The summed E-state index contributed by atoms with van der Waals surface area (Å²) in [5.41, 5.74) is 3.42. The van der Waals surface area contributed by atoms with Crippen LogP contribution in [0.5, 0.6) is 5.75 Å². The van der Waals surface area contributed by atoms with Gasteiger partial charge in [-0.2, -0.15) is 5.10 Å². The van der Waals surface area contributed by atoms with Crippen LogP contribution in [0.25, 0.3) is 22.5 Å². The lowest BCUT2D eigenvalue weighted by Crippen LogP contribution is -2.37. The Hall–Kier alpha value is -3.84. The second kappa shape index (κ2) is 10.2. The Kier molecular flexibility index (Phi) is 6.90. The van der Waals surface area contributed by atoms with Gasteiger partial charge in [-0.05, 0) is 60.5 Å². The van der Waals surface area contributed by atoms with Crippen molar-refractivity contribution in [2.75, 3.05) is 6.61 Å². The quantitative estimate of drug-likeness (QED) is 0.298. The smallest absolute Gasteiger partial charge is 0.246 e. The summed E-state index contributed by atoms with van der Waals surface area (Å²) in [6.45, 7) is 2.73. The van der Waals surface area contributed by atoms with Crippen molar-refractivity contribution >= 4 is 23.5 Å². The average Bonchev–Trinajstić information content (AvgIpc) is 3.49. The van der Waals surface area contributed by atoms with E-state index in [0.29, 0.717) is 11.6 Å². The second-order valence-corrected chi connectivity index (χ2v) is 7.80. The SMILES string of the molecule is CCCOc1ccc(-c2ccc(-c3ccccc3Cl)n2CC(=O)NC(=N)n2cccn2)cc1. The van der Waals surface area contributed by atoms with Crippen LogP contribution in [0.2, 0.25) is 5.02 Å². The van der Waals surface area contributed by atoms with E-state index in [-0.39, 0.29) is 18.4 Å². The zero-order valence-electron chi connectivity index (χ0n) is 18.2. The van der Waals surface area contributed by atoms with Crippen LogP contribution in [0.4, 0.5) is 0 Å². The van der Waals surface area contributed by atoms with E-state index in [1.807, 2.05) is 65.2 Å². The standard InChI is InChI=1S/C25H24ClN5O2/c1-2-16-33-19-10-8-18(9-11-19)22-12-13-23(20-6-3-4-7-21(20)26)30(22)17-24(32)29-25(27)31-15-5-14-28-31/h3-15H,2,16-17H2,1H3,(H2,27,29,32). The summed E-state index contributed by atoms with van der Waals surface area (Å²) in [6, 6.07) is 20.9. The Balaban J connectivity index is 1.66. The van der Waals surface area contributed by atoms with Crippen molar-refractivity contribution in [3.05, 3.63) is 84.1 Å². The second-order valence-electron chi connectivity index (χ2n) is 7.39. The molecule has 2 aromatic carbocycles. The molecule has 168 valence electrons. The Bertz CT molecular complexity index is 1250. The molecule has 2 heterocycles. The van der Waals surface area contributed by atoms with Crippen LogP contribution in [0.3, 0.4) is 0 Å². The molecule has 1 amide bonds. The molecule has 7 nitrogen and oxygen atoms in total. The van der Waals surface area contributed by atoms with Crippen LogP contribution in [0.15, 0.2) is 79.1 Å². The van der Waals surface area contributed by atoms with Gasteiger partial charge in [0.15, 0.2) is 0 Å². The molecular formula is C25H24ClN5O2. The monoisotopic (exact) mass is 461 g/mol. The highest BCUT2D eigenvalue weighted by Gasteiger charge is 2.17. The molecule has 0 atom stereocenters. The van der Waals surface area contributed by atoms with Crippen molar-refractivity contribution in [2.45, 2.75) is 19.9 Å². The molecule has 2 N–H and O–H groups in total. The predicted molar refractivity (Wildman–Crippen MR) is 130 cm³/mol. The Morgan fingerprint density at radius 2 is 1.82 bits per heavy atom. The van der Waals surface area contributed by atoms with Crippen molar-refractivity contribution in [3.63, 3.8) is 0 Å². The maximum Gasteiger partial charge on any atom is 0.246 e. The summed E-state index contributed by atoms with van der Waals surface area (Å²) >= 11 is 6.47. The number of carbonyl (C=O) groups excluding carboxylic acids is 1. The van der Waals surface area contributed by atoms with E-state index >= 15 is 0 Å². The summed E-state index contributed by atoms with van der Waals surface area (Å²) in [5.74, 6) is 0.343. The highest BCUT2D eigenvalue weighted by Crippen LogP contribution is 2.33. The number of carbonyl (C=O) groups is 1. The van der Waals surface area contributed by atoms with Gasteiger partial charge in [-0.25, -0.2) is 4.68 Å². The topological polar surface area (TPSA) is 84.9 Å². The number of nitrogens with one attached hydrogen (secondary N) is 2. The van der Waals surface area contributed by atoms with E-state index < -0.39 is 0 Å². The summed E-state index contributed by atoms with van der Waals surface area (Å²) in [4.78, 5) is 12.9. The molecule has 0 bridgehead atoms. The van der Waals surface area contributed by atoms with Gasteiger partial charge in [-0.1, -0.05) is 36.7 Å². The number of hydrogen-bond donors (Lipinski definition) is 2. The predicted octanol–water partition coefficient (Wildman–Crippen LogP) is 5.06. The lowest BCUT2D eigenvalue weighted by molar-refractivity contribution is -0.120. The fourth-order valence-electron chi connectivity index (χ4n) is 3.51. The summed E-state index contributed by atoms with van der Waals surface area (Å²) in [7, 11) is 0. The minimum Gasteiger partial charge on any atom is -0.494 e. The van der Waals surface area contributed by atoms with Crippen molar-refractivity contribution in [2.24, 2.45) is 0 Å². The molecule has 0 radical (unpaired) electrons. The van der Waals surface area contributed by atoms with Crippen molar-refractivity contribution in [1.82, 2.24) is 19.7 Å². The van der Waals surface area contributed by atoms with Gasteiger partial charge in [0.2, 0.25) is 11.9 Å². The first-order valence-electron chi connectivity index (χ1n) is 10.6. The first-order chi connectivity index (χ1) is 16.1.